The minimum atomic E-state index is -4.63. The van der Waals surface area contributed by atoms with E-state index in [1.165, 1.54) is 35.4 Å². The molecule has 0 aromatic carbocycles. The molecule has 0 unspecified atom stereocenters. The van der Waals surface area contributed by atoms with Gasteiger partial charge in [0.15, 0.2) is 10.8 Å². The third-order valence-corrected chi connectivity index (χ3v) is 11.6. The molecule has 0 bridgehead atoms. The van der Waals surface area contributed by atoms with Crippen LogP contribution in [-0.2, 0) is 32.8 Å². The molecule has 0 spiro atoms. The van der Waals surface area contributed by atoms with E-state index in [9.17, 15) is 31.2 Å². The predicted octanol–water partition coefficient (Wildman–Crippen LogP) is 4.43. The molecule has 1 aliphatic carbocycles. The molecule has 41 heavy (non-hydrogen) atoms. The molecular weight excluding hydrogens is 602 g/mol. The number of carbonyl (C=O) groups excluding carboxylic acids is 2. The van der Waals surface area contributed by atoms with Gasteiger partial charge < -0.3 is 10.2 Å². The van der Waals surface area contributed by atoms with Gasteiger partial charge in [0.1, 0.15) is 10.3 Å². The molecule has 222 valence electrons. The molecule has 2 amide bonds. The standard InChI is InChI=1S/C25H29F3N6O4S3/c1-32-17(14-20(31-32)25(26,27)28)19-7-8-22(40-19)41(37,38)33-10-11-34(21(35)15-33)18(13-16-5-3-2-4-6-16)23(36)30-24-29-9-12-39-24/h7-9,12,14,16,18H,2-6,10-11,13,15H2,1H3,(H,29,30,36)/t18-/m0/s1. The van der Waals surface area contributed by atoms with Crippen LogP contribution >= 0.6 is 22.7 Å². The van der Waals surface area contributed by atoms with Crippen LogP contribution in [0.4, 0.5) is 18.3 Å². The Morgan fingerprint density at radius 1 is 1.20 bits per heavy atom. The van der Waals surface area contributed by atoms with Gasteiger partial charge in [-0.25, -0.2) is 13.4 Å². The minimum Gasteiger partial charge on any atom is -0.328 e. The highest BCUT2D eigenvalue weighted by Gasteiger charge is 2.40. The zero-order valence-electron chi connectivity index (χ0n) is 22.1. The van der Waals surface area contributed by atoms with Crippen molar-refractivity contribution < 1.29 is 31.2 Å². The van der Waals surface area contributed by atoms with Crippen molar-refractivity contribution in [1.82, 2.24) is 24.0 Å². The second-order valence-corrected chi connectivity index (χ2v) is 14.3. The van der Waals surface area contributed by atoms with E-state index in [1.807, 2.05) is 0 Å². The highest BCUT2D eigenvalue weighted by Crippen LogP contribution is 2.36. The van der Waals surface area contributed by atoms with Crippen molar-refractivity contribution in [2.24, 2.45) is 13.0 Å². The molecule has 1 saturated carbocycles. The third kappa shape index (κ3) is 6.49. The molecule has 3 aromatic heterocycles. The zero-order valence-corrected chi connectivity index (χ0v) is 24.6. The Kier molecular flexibility index (Phi) is 8.55. The number of aromatic nitrogens is 3. The minimum absolute atomic E-state index is 0.0169. The average molecular weight is 631 g/mol. The summed E-state index contributed by atoms with van der Waals surface area (Å²) in [7, 11) is -2.76. The van der Waals surface area contributed by atoms with Crippen molar-refractivity contribution >= 4 is 49.6 Å². The lowest BCUT2D eigenvalue weighted by molar-refractivity contribution is -0.142. The fourth-order valence-electron chi connectivity index (χ4n) is 5.35. The highest BCUT2D eigenvalue weighted by molar-refractivity contribution is 7.91. The van der Waals surface area contributed by atoms with Gasteiger partial charge in [0.25, 0.3) is 10.0 Å². The van der Waals surface area contributed by atoms with Crippen LogP contribution in [-0.4, -0.2) is 69.9 Å². The summed E-state index contributed by atoms with van der Waals surface area (Å²) in [6.07, 6.45) is 2.69. The third-order valence-electron chi connectivity index (χ3n) is 7.44. The monoisotopic (exact) mass is 630 g/mol. The van der Waals surface area contributed by atoms with Gasteiger partial charge in [-0.15, -0.1) is 22.7 Å². The summed E-state index contributed by atoms with van der Waals surface area (Å²) < 4.78 is 68.2. The number of thiophene rings is 1. The van der Waals surface area contributed by atoms with Crippen LogP contribution in [0.3, 0.4) is 0 Å². The van der Waals surface area contributed by atoms with Crippen molar-refractivity contribution in [3.05, 3.63) is 35.5 Å². The molecule has 2 aliphatic rings. The molecule has 3 aromatic rings. The molecule has 1 atom stereocenters. The smallest absolute Gasteiger partial charge is 0.328 e. The van der Waals surface area contributed by atoms with E-state index in [2.05, 4.69) is 15.4 Å². The largest absolute Gasteiger partial charge is 0.435 e. The second-order valence-electron chi connectivity index (χ2n) is 10.2. The zero-order chi connectivity index (χ0) is 29.4. The van der Waals surface area contributed by atoms with E-state index in [1.54, 1.807) is 11.6 Å². The van der Waals surface area contributed by atoms with Gasteiger partial charge in [-0.2, -0.15) is 22.6 Å². The SMILES string of the molecule is Cn1nc(C(F)(F)F)cc1-c1ccc(S(=O)(=O)N2CCN([C@@H](CC3CCCCC3)C(=O)Nc3nccs3)C(=O)C2)s1. The molecule has 1 saturated heterocycles. The predicted molar refractivity (Wildman–Crippen MR) is 148 cm³/mol. The second kappa shape index (κ2) is 11.8. The number of hydrogen-bond donors (Lipinski definition) is 1. The van der Waals surface area contributed by atoms with Gasteiger partial charge in [-0.3, -0.25) is 14.3 Å². The Bertz CT molecular complexity index is 1500. The van der Waals surface area contributed by atoms with E-state index in [4.69, 9.17) is 0 Å². The van der Waals surface area contributed by atoms with E-state index in [0.29, 0.717) is 22.3 Å². The van der Waals surface area contributed by atoms with Crippen molar-refractivity contribution in [3.63, 3.8) is 0 Å². The quantitative estimate of drug-likeness (QED) is 0.394. The molecular formula is C25H29F3N6O4S3. The number of nitrogens with zero attached hydrogens (tertiary/aromatic N) is 5. The number of sulfonamides is 1. The van der Waals surface area contributed by atoms with Gasteiger partial charge in [0.2, 0.25) is 11.8 Å². The lowest BCUT2D eigenvalue weighted by Crippen LogP contribution is -2.58. The Morgan fingerprint density at radius 2 is 1.95 bits per heavy atom. The van der Waals surface area contributed by atoms with Gasteiger partial charge >= 0.3 is 6.18 Å². The number of amides is 2. The number of thiazole rings is 1. The van der Waals surface area contributed by atoms with Gasteiger partial charge in [-0.05, 0) is 30.5 Å². The summed E-state index contributed by atoms with van der Waals surface area (Å²) in [5, 5.41) is 8.45. The number of nitrogens with one attached hydrogen (secondary N) is 1. The summed E-state index contributed by atoms with van der Waals surface area (Å²) >= 11 is 2.08. The molecule has 4 heterocycles. The van der Waals surface area contributed by atoms with E-state index < -0.39 is 40.4 Å². The lowest BCUT2D eigenvalue weighted by atomic mass is 9.84. The topological polar surface area (TPSA) is 118 Å². The van der Waals surface area contributed by atoms with Crippen LogP contribution in [0.1, 0.15) is 44.2 Å². The maximum absolute atomic E-state index is 13.4. The summed E-state index contributed by atoms with van der Waals surface area (Å²) in [5.41, 5.74) is -0.947. The summed E-state index contributed by atoms with van der Waals surface area (Å²) in [4.78, 5) is 32.5. The first-order valence-corrected chi connectivity index (χ1v) is 16.3. The number of halogens is 3. The number of anilines is 1. The molecule has 1 N–H and O–H groups in total. The van der Waals surface area contributed by atoms with Crippen LogP contribution in [0.2, 0.25) is 0 Å². The van der Waals surface area contributed by atoms with E-state index in [0.717, 1.165) is 58.5 Å². The first-order valence-electron chi connectivity index (χ1n) is 13.1. The van der Waals surface area contributed by atoms with Crippen LogP contribution in [0.15, 0.2) is 34.0 Å². The molecule has 10 nitrogen and oxygen atoms in total. The molecule has 1 aliphatic heterocycles. The molecule has 16 heteroatoms. The van der Waals surface area contributed by atoms with Crippen molar-refractivity contribution in [2.45, 2.75) is 55.0 Å². The van der Waals surface area contributed by atoms with Crippen LogP contribution in [0, 0.1) is 5.92 Å². The van der Waals surface area contributed by atoms with Crippen LogP contribution in [0.5, 0.6) is 0 Å². The maximum Gasteiger partial charge on any atom is 0.435 e. The fourth-order valence-corrected chi connectivity index (χ4v) is 8.77. The fraction of sp³-hybridized carbons (Fsp3) is 0.520. The number of piperazine rings is 1. The number of hydrogen-bond acceptors (Lipinski definition) is 8. The number of alkyl halides is 3. The van der Waals surface area contributed by atoms with E-state index in [-0.39, 0.29) is 28.9 Å². The van der Waals surface area contributed by atoms with E-state index >= 15 is 0 Å². The van der Waals surface area contributed by atoms with Crippen LogP contribution < -0.4 is 5.32 Å². The number of rotatable bonds is 8. The van der Waals surface area contributed by atoms with Gasteiger partial charge in [0.05, 0.1) is 17.1 Å². The summed E-state index contributed by atoms with van der Waals surface area (Å²) in [6, 6.07) is 2.86. The first kappa shape index (κ1) is 29.7. The maximum atomic E-state index is 13.4. The van der Waals surface area contributed by atoms with Gasteiger partial charge in [-0.1, -0.05) is 32.1 Å². The Hall–Kier alpha value is -2.82. The lowest BCUT2D eigenvalue weighted by Gasteiger charge is -2.39. The average Bonchev–Trinajstić information content (AvgIpc) is 3.69. The first-order chi connectivity index (χ1) is 19.4. The Balaban J connectivity index is 1.31. The molecule has 0 radical (unpaired) electrons. The van der Waals surface area contributed by atoms with Crippen molar-refractivity contribution in [1.29, 1.82) is 0 Å². The normalized spacial score (nSPS) is 18.5. The van der Waals surface area contributed by atoms with Crippen molar-refractivity contribution in [2.75, 3.05) is 25.0 Å². The van der Waals surface area contributed by atoms with Crippen LogP contribution in [0.25, 0.3) is 10.6 Å². The van der Waals surface area contributed by atoms with Crippen molar-refractivity contribution in [3.8, 4) is 10.6 Å². The Labute approximate surface area is 243 Å². The summed E-state index contributed by atoms with van der Waals surface area (Å²) in [5.74, 6) is -0.527. The number of carbonyl (C=O) groups is 2. The highest BCUT2D eigenvalue weighted by atomic mass is 32.2. The summed E-state index contributed by atoms with van der Waals surface area (Å²) in [6.45, 7) is -0.419. The molecule has 5 rings (SSSR count). The molecule has 2 fully saturated rings. The Morgan fingerprint density at radius 3 is 2.59 bits per heavy atom. The van der Waals surface area contributed by atoms with Gasteiger partial charge in [0, 0.05) is 31.7 Å². The number of aryl methyl sites for hydroxylation is 1.